The van der Waals surface area contributed by atoms with Gasteiger partial charge in [0.1, 0.15) is 23.0 Å². The van der Waals surface area contributed by atoms with Crippen LogP contribution in [-0.4, -0.2) is 39.5 Å². The molecule has 1 saturated carbocycles. The van der Waals surface area contributed by atoms with Crippen LogP contribution in [0.1, 0.15) is 56.2 Å². The number of benzene rings is 4. The van der Waals surface area contributed by atoms with E-state index in [1.165, 1.54) is 7.11 Å². The number of hydrogen-bond donors (Lipinski definition) is 0. The van der Waals surface area contributed by atoms with E-state index in [4.69, 9.17) is 18.9 Å². The van der Waals surface area contributed by atoms with Crippen molar-refractivity contribution in [2.24, 2.45) is 0 Å². The molecule has 4 aromatic carbocycles. The summed E-state index contributed by atoms with van der Waals surface area (Å²) in [7, 11) is 2.31. The minimum atomic E-state index is -4.92. The Hall–Kier alpha value is -5.34. The number of carbonyl (C=O) groups excluding carboxylic acids is 2. The van der Waals surface area contributed by atoms with Crippen LogP contribution in [0.3, 0.4) is 0 Å². The molecule has 0 amide bonds. The Kier molecular flexibility index (Phi) is 13.0. The van der Waals surface area contributed by atoms with E-state index in [2.05, 4.69) is 25.4 Å². The summed E-state index contributed by atoms with van der Waals surface area (Å²) in [6, 6.07) is 9.18. The summed E-state index contributed by atoms with van der Waals surface area (Å²) in [4.78, 5) is 22.5. The molecule has 4 aromatic rings. The van der Waals surface area contributed by atoms with Crippen LogP contribution in [0.4, 0.5) is 52.7 Å². The van der Waals surface area contributed by atoms with Crippen LogP contribution in [0.2, 0.25) is 0 Å². The molecule has 1 fully saturated rings. The minimum Gasteiger partial charge on any atom is -0.493 e. The third-order valence-electron chi connectivity index (χ3n) is 7.34. The first kappa shape index (κ1) is 43.4. The maximum Gasteiger partial charge on any atom is 0.573 e. The van der Waals surface area contributed by atoms with Crippen molar-refractivity contribution in [1.29, 1.82) is 0 Å². The van der Waals surface area contributed by atoms with Crippen molar-refractivity contribution in [1.82, 2.24) is 0 Å². The predicted molar refractivity (Wildman–Crippen MR) is 173 cm³/mol. The molecule has 0 spiro atoms. The molecule has 5 rings (SSSR count). The van der Waals surface area contributed by atoms with Crippen molar-refractivity contribution >= 4 is 28.5 Å². The summed E-state index contributed by atoms with van der Waals surface area (Å²) in [6.45, 7) is 0. The van der Waals surface area contributed by atoms with Gasteiger partial charge in [0, 0.05) is 16.6 Å². The molecule has 0 saturated heterocycles. The quantitative estimate of drug-likeness (QED) is 0.109. The number of carbonyl (C=O) groups is 2. The number of rotatable bonds is 11. The monoisotopic (exact) mass is 878 g/mol. The number of halogens is 13. The average Bonchev–Trinajstić information content (AvgIpc) is 3.93. The Morgan fingerprint density at radius 2 is 0.964 bits per heavy atom. The Balaban J connectivity index is 0.000000249. The second-order valence-corrected chi connectivity index (χ2v) is 12.1. The minimum absolute atomic E-state index is 0.00842. The van der Waals surface area contributed by atoms with E-state index >= 15 is 0 Å². The lowest BCUT2D eigenvalue weighted by Gasteiger charge is -2.18. The number of ether oxygens (including phenoxy) is 6. The van der Waals surface area contributed by atoms with Gasteiger partial charge in [-0.1, -0.05) is 15.9 Å². The fourth-order valence-electron chi connectivity index (χ4n) is 4.84. The lowest BCUT2D eigenvalue weighted by Crippen LogP contribution is -2.17. The molecule has 21 heteroatoms. The molecule has 0 radical (unpaired) electrons. The molecule has 1 aliphatic carbocycles. The SMILES string of the molecule is COc1cc(OC(F)(F)F)ccc1Oc1cc(Br)c(C(F)(F)F)cc1C=O.COc1cc(OC(F)(F)F)ccc1Oc1cc(C2CC2)c(C(F)(F)F)cc1C=O. The summed E-state index contributed by atoms with van der Waals surface area (Å²) in [5, 5.41) is 0. The largest absolute Gasteiger partial charge is 0.573 e. The van der Waals surface area contributed by atoms with Crippen LogP contribution in [-0.2, 0) is 12.4 Å². The third kappa shape index (κ3) is 11.6. The molecule has 8 nitrogen and oxygen atoms in total. The summed E-state index contributed by atoms with van der Waals surface area (Å²) < 4.78 is 181. The van der Waals surface area contributed by atoms with E-state index in [1.54, 1.807) is 0 Å². The molecule has 1 aliphatic rings. The highest BCUT2D eigenvalue weighted by atomic mass is 79.9. The first-order valence-corrected chi connectivity index (χ1v) is 16.0. The highest BCUT2D eigenvalue weighted by molar-refractivity contribution is 9.10. The van der Waals surface area contributed by atoms with E-state index in [0.29, 0.717) is 25.0 Å². The first-order chi connectivity index (χ1) is 26.0. The average molecular weight is 879 g/mol. The van der Waals surface area contributed by atoms with Crippen molar-refractivity contribution in [2.45, 2.75) is 43.8 Å². The smallest absolute Gasteiger partial charge is 0.493 e. The fourth-order valence-corrected chi connectivity index (χ4v) is 5.38. The van der Waals surface area contributed by atoms with Gasteiger partial charge in [0.15, 0.2) is 35.6 Å². The van der Waals surface area contributed by atoms with E-state index < -0.39 is 53.3 Å². The second kappa shape index (κ2) is 16.8. The molecule has 0 heterocycles. The van der Waals surface area contributed by atoms with Gasteiger partial charge in [-0.05, 0) is 72.9 Å². The van der Waals surface area contributed by atoms with Crippen LogP contribution in [0.15, 0.2) is 65.1 Å². The highest BCUT2D eigenvalue weighted by Crippen LogP contribution is 2.49. The maximum absolute atomic E-state index is 13.3. The zero-order valence-electron chi connectivity index (χ0n) is 28.1. The van der Waals surface area contributed by atoms with Gasteiger partial charge in [-0.15, -0.1) is 26.3 Å². The van der Waals surface area contributed by atoms with E-state index in [9.17, 15) is 62.3 Å². The van der Waals surface area contributed by atoms with Crippen LogP contribution in [0.5, 0.6) is 46.0 Å². The van der Waals surface area contributed by atoms with Gasteiger partial charge in [0.25, 0.3) is 0 Å². The number of aldehydes is 2. The number of hydrogen-bond acceptors (Lipinski definition) is 8. The molecular weight excluding hydrogens is 856 g/mol. The van der Waals surface area contributed by atoms with Crippen LogP contribution in [0, 0.1) is 0 Å². The Bertz CT molecular complexity index is 2060. The summed E-state index contributed by atoms with van der Waals surface area (Å²) in [5.41, 5.74) is -2.75. The Morgan fingerprint density at radius 1 is 0.554 bits per heavy atom. The number of alkyl halides is 12. The van der Waals surface area contributed by atoms with Crippen molar-refractivity contribution in [2.75, 3.05) is 14.2 Å². The van der Waals surface area contributed by atoms with Crippen molar-refractivity contribution < 1.29 is 90.7 Å². The van der Waals surface area contributed by atoms with Crippen molar-refractivity contribution in [3.05, 3.63) is 93.0 Å². The molecule has 0 aliphatic heterocycles. The van der Waals surface area contributed by atoms with Crippen molar-refractivity contribution in [3.63, 3.8) is 0 Å². The first-order valence-electron chi connectivity index (χ1n) is 15.3. The Morgan fingerprint density at radius 3 is 1.32 bits per heavy atom. The molecule has 0 N–H and O–H groups in total. The van der Waals surface area contributed by atoms with Crippen molar-refractivity contribution in [3.8, 4) is 46.0 Å². The molecule has 302 valence electrons. The molecule has 56 heavy (non-hydrogen) atoms. The van der Waals surface area contributed by atoms with Crippen LogP contribution < -0.4 is 28.4 Å². The molecule has 0 aromatic heterocycles. The maximum atomic E-state index is 13.3. The van der Waals surface area contributed by atoms with Gasteiger partial charge in [0.2, 0.25) is 0 Å². The normalized spacial score (nSPS) is 13.2. The summed E-state index contributed by atoms with van der Waals surface area (Å²) in [6.07, 6.45) is -17.6. The van der Waals surface area contributed by atoms with Gasteiger partial charge in [-0.3, -0.25) is 9.59 Å². The molecule has 0 unspecified atom stereocenters. The molecular formula is C35H23BrF12O8. The van der Waals surface area contributed by atoms with Crippen LogP contribution in [0.25, 0.3) is 0 Å². The van der Waals surface area contributed by atoms with E-state index in [1.807, 2.05) is 0 Å². The third-order valence-corrected chi connectivity index (χ3v) is 8.00. The molecule has 0 bridgehead atoms. The van der Waals surface area contributed by atoms with E-state index in [-0.39, 0.29) is 68.6 Å². The summed E-state index contributed by atoms with van der Waals surface area (Å²) >= 11 is 2.75. The standard InChI is InChI=1S/C19H14F6O4.C16H9BrF6O4/c1-27-17-7-12(29-19(23,24)25)4-5-15(17)28-16-8-13(10-2-3-10)14(18(20,21)22)6-11(16)9-26;1-25-14-5-9(27-16(21,22)23)2-3-12(14)26-13-6-11(17)10(15(18,19)20)4-8(13)7-24/h4-10H,2-3H2,1H3;2-7H,1H3. The zero-order chi connectivity index (χ0) is 41.8. The fraction of sp³-hybridized carbons (Fsp3) is 0.257. The zero-order valence-corrected chi connectivity index (χ0v) is 29.7. The van der Waals surface area contributed by atoms with Gasteiger partial charge >= 0.3 is 25.1 Å². The van der Waals surface area contributed by atoms with Gasteiger partial charge < -0.3 is 28.4 Å². The van der Waals surface area contributed by atoms with Gasteiger partial charge in [-0.25, -0.2) is 0 Å². The predicted octanol–water partition coefficient (Wildman–Crippen LogP) is 12.1. The van der Waals surface area contributed by atoms with Crippen LogP contribution >= 0.6 is 15.9 Å². The summed E-state index contributed by atoms with van der Waals surface area (Å²) in [5.74, 6) is -2.43. The van der Waals surface area contributed by atoms with E-state index in [0.717, 1.165) is 55.6 Å². The lowest BCUT2D eigenvalue weighted by atomic mass is 9.99. The lowest BCUT2D eigenvalue weighted by molar-refractivity contribution is -0.275. The van der Waals surface area contributed by atoms with Gasteiger partial charge in [0.05, 0.1) is 36.5 Å². The highest BCUT2D eigenvalue weighted by Gasteiger charge is 2.40. The molecule has 0 atom stereocenters. The number of methoxy groups -OCH3 is 2. The topological polar surface area (TPSA) is 89.5 Å². The Labute approximate surface area is 315 Å². The van der Waals surface area contributed by atoms with Gasteiger partial charge in [-0.2, -0.15) is 26.3 Å². The second-order valence-electron chi connectivity index (χ2n) is 11.3.